The molecule has 0 bridgehead atoms. The van der Waals surface area contributed by atoms with Gasteiger partial charge in [0.15, 0.2) is 5.17 Å². The average molecular weight is 468 g/mol. The predicted molar refractivity (Wildman–Crippen MR) is 118 cm³/mol. The fourth-order valence-electron chi connectivity index (χ4n) is 2.90. The van der Waals surface area contributed by atoms with Crippen LogP contribution in [-0.2, 0) is 9.59 Å². The number of amides is 2. The smallest absolute Gasteiger partial charge is 0.420 e. The normalized spacial score (nSPS) is 18.3. The standard InChI is InChI=1S/C21H20ClF2N3O3S/c1-12-4-9-16(13(2)10-12)26-19(29)17-11-18(28)27(3)20(31-17)25-14-5-7-15(8-6-14)30-21(22,23)24/h4-10,17H,11H2,1-3H3,(H,26,29)/t17-/m1/s1. The highest BCUT2D eigenvalue weighted by atomic mass is 35.5. The Morgan fingerprint density at radius 3 is 2.55 bits per heavy atom. The van der Waals surface area contributed by atoms with Gasteiger partial charge >= 0.3 is 5.57 Å². The minimum Gasteiger partial charge on any atom is -0.420 e. The Morgan fingerprint density at radius 1 is 1.26 bits per heavy atom. The first-order chi connectivity index (χ1) is 14.5. The SMILES string of the molecule is Cc1ccc(NC(=O)[C@H]2CC(=O)N(C)C(=Nc3ccc(OC(F)(F)Cl)cc3)S2)c(C)c1. The van der Waals surface area contributed by atoms with E-state index in [1.165, 1.54) is 29.2 Å². The number of rotatable bonds is 5. The second-order valence-corrected chi connectivity index (χ2v) is 8.62. The molecule has 1 heterocycles. The molecule has 2 amide bonds. The maximum Gasteiger partial charge on any atom is 0.487 e. The van der Waals surface area contributed by atoms with Crippen LogP contribution in [0.1, 0.15) is 17.5 Å². The maximum absolute atomic E-state index is 12.8. The van der Waals surface area contributed by atoms with Gasteiger partial charge in [0, 0.05) is 30.8 Å². The van der Waals surface area contributed by atoms with Gasteiger partial charge in [-0.2, -0.15) is 0 Å². The molecule has 2 aromatic carbocycles. The molecular formula is C21H20ClF2N3O3S. The van der Waals surface area contributed by atoms with Crippen molar-refractivity contribution >= 4 is 51.7 Å². The second kappa shape index (κ2) is 9.23. The summed E-state index contributed by atoms with van der Waals surface area (Å²) < 4.78 is 29.7. The van der Waals surface area contributed by atoms with Crippen molar-refractivity contribution in [2.24, 2.45) is 4.99 Å². The summed E-state index contributed by atoms with van der Waals surface area (Å²) in [6, 6.07) is 11.2. The van der Waals surface area contributed by atoms with E-state index in [0.29, 0.717) is 16.5 Å². The summed E-state index contributed by atoms with van der Waals surface area (Å²) >= 11 is 5.91. The van der Waals surface area contributed by atoms with Crippen molar-refractivity contribution in [3.63, 3.8) is 0 Å². The van der Waals surface area contributed by atoms with E-state index in [1.54, 1.807) is 7.05 Å². The summed E-state index contributed by atoms with van der Waals surface area (Å²) in [6.07, 6.45) is 0.0362. The van der Waals surface area contributed by atoms with Crippen molar-refractivity contribution in [3.05, 3.63) is 53.6 Å². The molecule has 1 N–H and O–H groups in total. The van der Waals surface area contributed by atoms with E-state index in [9.17, 15) is 18.4 Å². The van der Waals surface area contributed by atoms with Crippen LogP contribution < -0.4 is 10.1 Å². The first-order valence-electron chi connectivity index (χ1n) is 9.27. The molecule has 6 nitrogen and oxygen atoms in total. The van der Waals surface area contributed by atoms with Crippen molar-refractivity contribution < 1.29 is 23.1 Å². The molecule has 164 valence electrons. The van der Waals surface area contributed by atoms with Gasteiger partial charge < -0.3 is 10.1 Å². The Morgan fingerprint density at radius 2 is 1.94 bits per heavy atom. The zero-order valence-corrected chi connectivity index (χ0v) is 18.6. The third-order valence-corrected chi connectivity index (χ3v) is 5.81. The molecule has 0 aliphatic carbocycles. The van der Waals surface area contributed by atoms with Gasteiger partial charge in [0.1, 0.15) is 11.0 Å². The topological polar surface area (TPSA) is 71.0 Å². The summed E-state index contributed by atoms with van der Waals surface area (Å²) in [4.78, 5) is 30.9. The zero-order chi connectivity index (χ0) is 22.8. The number of hydrogen-bond acceptors (Lipinski definition) is 5. The van der Waals surface area contributed by atoms with Gasteiger partial charge in [0.05, 0.1) is 5.69 Å². The monoisotopic (exact) mass is 467 g/mol. The van der Waals surface area contributed by atoms with Crippen LogP contribution >= 0.6 is 23.4 Å². The zero-order valence-electron chi connectivity index (χ0n) is 17.0. The predicted octanol–water partition coefficient (Wildman–Crippen LogP) is 5.06. The summed E-state index contributed by atoms with van der Waals surface area (Å²) in [5.74, 6) is -0.672. The quantitative estimate of drug-likeness (QED) is 0.624. The van der Waals surface area contributed by atoms with Gasteiger partial charge in [0.25, 0.3) is 0 Å². The number of hydrogen-bond donors (Lipinski definition) is 1. The lowest BCUT2D eigenvalue weighted by Crippen LogP contribution is -2.43. The van der Waals surface area contributed by atoms with E-state index in [4.69, 9.17) is 11.6 Å². The van der Waals surface area contributed by atoms with E-state index < -0.39 is 10.8 Å². The Bertz CT molecular complexity index is 1030. The second-order valence-electron chi connectivity index (χ2n) is 7.01. The van der Waals surface area contributed by atoms with E-state index in [2.05, 4.69) is 15.0 Å². The van der Waals surface area contributed by atoms with Crippen LogP contribution in [0.4, 0.5) is 20.2 Å². The van der Waals surface area contributed by atoms with Crippen molar-refractivity contribution in [1.29, 1.82) is 0 Å². The largest absolute Gasteiger partial charge is 0.487 e. The molecule has 0 unspecified atom stereocenters. The number of alkyl halides is 3. The van der Waals surface area contributed by atoms with Gasteiger partial charge in [-0.05, 0) is 49.7 Å². The number of aryl methyl sites for hydroxylation is 2. The van der Waals surface area contributed by atoms with Crippen molar-refractivity contribution in [1.82, 2.24) is 4.90 Å². The third kappa shape index (κ3) is 6.18. The van der Waals surface area contributed by atoms with Gasteiger partial charge in [0.2, 0.25) is 11.8 Å². The van der Waals surface area contributed by atoms with Crippen LogP contribution in [0.5, 0.6) is 5.75 Å². The molecule has 10 heteroatoms. The lowest BCUT2D eigenvalue weighted by Gasteiger charge is -2.29. The average Bonchev–Trinajstić information content (AvgIpc) is 2.67. The van der Waals surface area contributed by atoms with Gasteiger partial charge in [-0.15, -0.1) is 8.78 Å². The highest BCUT2D eigenvalue weighted by Gasteiger charge is 2.34. The molecular weight excluding hydrogens is 448 g/mol. The number of anilines is 1. The molecule has 1 aliphatic heterocycles. The number of carbonyl (C=O) groups excluding carboxylic acids is 2. The van der Waals surface area contributed by atoms with E-state index in [0.717, 1.165) is 22.9 Å². The molecule has 0 aromatic heterocycles. The van der Waals surface area contributed by atoms with Crippen LogP contribution in [-0.4, -0.2) is 39.7 Å². The highest BCUT2D eigenvalue weighted by Crippen LogP contribution is 2.31. The number of benzene rings is 2. The van der Waals surface area contributed by atoms with Crippen molar-refractivity contribution in [2.45, 2.75) is 31.1 Å². The number of carbonyl (C=O) groups is 2. The number of aliphatic imine (C=N–C) groups is 1. The Labute approximate surface area is 187 Å². The van der Waals surface area contributed by atoms with E-state index in [1.807, 2.05) is 32.0 Å². The number of amidine groups is 1. The molecule has 0 spiro atoms. The van der Waals surface area contributed by atoms with Crippen LogP contribution in [0.15, 0.2) is 47.5 Å². The summed E-state index contributed by atoms with van der Waals surface area (Å²) in [5, 5.41) is 2.55. The summed E-state index contributed by atoms with van der Waals surface area (Å²) in [6.45, 7) is 3.86. The molecule has 3 rings (SSSR count). The van der Waals surface area contributed by atoms with Crippen molar-refractivity contribution in [3.8, 4) is 5.75 Å². The van der Waals surface area contributed by atoms with Crippen LogP contribution in [0.25, 0.3) is 0 Å². The summed E-state index contributed by atoms with van der Waals surface area (Å²) in [7, 11) is 1.57. The Hall–Kier alpha value is -2.65. The van der Waals surface area contributed by atoms with Crippen molar-refractivity contribution in [2.75, 3.05) is 12.4 Å². The molecule has 1 aliphatic rings. The minimum absolute atomic E-state index is 0.0362. The molecule has 1 atom stereocenters. The van der Waals surface area contributed by atoms with E-state index in [-0.39, 0.29) is 24.0 Å². The molecule has 1 fully saturated rings. The molecule has 1 saturated heterocycles. The highest BCUT2D eigenvalue weighted by molar-refractivity contribution is 8.15. The van der Waals surface area contributed by atoms with Gasteiger partial charge in [-0.25, -0.2) is 4.99 Å². The molecule has 0 radical (unpaired) electrons. The Balaban J connectivity index is 1.75. The molecule has 2 aromatic rings. The number of halogens is 3. The fourth-order valence-corrected chi connectivity index (χ4v) is 4.05. The van der Waals surface area contributed by atoms with Crippen LogP contribution in [0.3, 0.4) is 0 Å². The molecule has 0 saturated carbocycles. The van der Waals surface area contributed by atoms with Gasteiger partial charge in [-0.1, -0.05) is 29.5 Å². The Kier molecular flexibility index (Phi) is 6.86. The number of ether oxygens (including phenoxy) is 1. The first kappa shape index (κ1) is 23.0. The molecule has 31 heavy (non-hydrogen) atoms. The van der Waals surface area contributed by atoms with Crippen LogP contribution in [0, 0.1) is 13.8 Å². The minimum atomic E-state index is -3.81. The first-order valence-corrected chi connectivity index (χ1v) is 10.5. The third-order valence-electron chi connectivity index (χ3n) is 4.50. The maximum atomic E-state index is 12.8. The number of nitrogens with zero attached hydrogens (tertiary/aromatic N) is 2. The van der Waals surface area contributed by atoms with Crippen LogP contribution in [0.2, 0.25) is 0 Å². The fraction of sp³-hybridized carbons (Fsp3) is 0.286. The van der Waals surface area contributed by atoms with Gasteiger partial charge in [-0.3, -0.25) is 14.5 Å². The summed E-state index contributed by atoms with van der Waals surface area (Å²) in [5.41, 5.74) is -0.706. The number of nitrogens with one attached hydrogen (secondary N) is 1. The lowest BCUT2D eigenvalue weighted by atomic mass is 10.1. The van der Waals surface area contributed by atoms with E-state index >= 15 is 0 Å². The number of thioether (sulfide) groups is 1. The lowest BCUT2D eigenvalue weighted by molar-refractivity contribution is -0.128.